The molecule has 3 aromatic rings. The summed E-state index contributed by atoms with van der Waals surface area (Å²) in [5.74, 6) is 0.634. The lowest BCUT2D eigenvalue weighted by Crippen LogP contribution is -2.48. The van der Waals surface area contributed by atoms with Crippen molar-refractivity contribution in [3.05, 3.63) is 59.4 Å². The van der Waals surface area contributed by atoms with Crippen molar-refractivity contribution in [1.82, 2.24) is 15.2 Å². The molecule has 0 atom stereocenters. The van der Waals surface area contributed by atoms with Gasteiger partial charge in [-0.15, -0.1) is 0 Å². The van der Waals surface area contributed by atoms with Gasteiger partial charge >= 0.3 is 0 Å². The van der Waals surface area contributed by atoms with E-state index in [4.69, 9.17) is 16.6 Å². The smallest absolute Gasteiger partial charge is 0.169 e. The molecule has 144 valence electrons. The molecule has 0 bridgehead atoms. The molecule has 0 saturated carbocycles. The third kappa shape index (κ3) is 4.89. The van der Waals surface area contributed by atoms with Crippen molar-refractivity contribution in [3.8, 4) is 0 Å². The Morgan fingerprint density at radius 3 is 2.74 bits per heavy atom. The van der Waals surface area contributed by atoms with Crippen molar-refractivity contribution in [2.24, 2.45) is 0 Å². The van der Waals surface area contributed by atoms with Gasteiger partial charge in [-0.1, -0.05) is 0 Å². The number of benzene rings is 1. The molecule has 2 heterocycles. The number of H-pyrrole nitrogens is 1. The number of hydrogen-bond donors (Lipinski definition) is 2. The Hall–Kier alpha value is -2.34. The molecule has 0 aliphatic carbocycles. The zero-order chi connectivity index (χ0) is 19.6. The highest BCUT2D eigenvalue weighted by molar-refractivity contribution is 7.80. The second-order valence-corrected chi connectivity index (χ2v) is 8.24. The van der Waals surface area contributed by atoms with Crippen LogP contribution in [0.3, 0.4) is 0 Å². The van der Waals surface area contributed by atoms with E-state index in [2.05, 4.69) is 36.0 Å². The molecule has 4 nitrogen and oxygen atoms in total. The van der Waals surface area contributed by atoms with Crippen molar-refractivity contribution < 1.29 is 8.81 Å². The van der Waals surface area contributed by atoms with E-state index in [1.807, 2.05) is 19.1 Å². The third-order valence-corrected chi connectivity index (χ3v) is 4.77. The first kappa shape index (κ1) is 19.4. The minimum absolute atomic E-state index is 0.127. The highest BCUT2D eigenvalue weighted by Crippen LogP contribution is 2.24. The normalized spacial score (nSPS) is 11.7. The van der Waals surface area contributed by atoms with Gasteiger partial charge in [0.25, 0.3) is 0 Å². The number of thiocarbonyl (C=S) groups is 1. The predicted octanol–water partition coefficient (Wildman–Crippen LogP) is 4.93. The molecule has 0 aliphatic heterocycles. The molecular weight excluding hydrogens is 361 g/mol. The highest BCUT2D eigenvalue weighted by atomic mass is 32.1. The first-order valence-corrected chi connectivity index (χ1v) is 9.50. The molecule has 0 unspecified atom stereocenters. The number of nitrogens with one attached hydrogen (secondary N) is 2. The average Bonchev–Trinajstić information content (AvgIpc) is 3.17. The van der Waals surface area contributed by atoms with E-state index in [0.717, 1.165) is 34.3 Å². The van der Waals surface area contributed by atoms with Crippen LogP contribution < -0.4 is 5.32 Å². The van der Waals surface area contributed by atoms with Crippen LogP contribution >= 0.6 is 12.2 Å². The Morgan fingerprint density at radius 2 is 2.07 bits per heavy atom. The van der Waals surface area contributed by atoms with Crippen LogP contribution in [-0.4, -0.2) is 27.1 Å². The predicted molar refractivity (Wildman–Crippen MR) is 111 cm³/mol. The summed E-state index contributed by atoms with van der Waals surface area (Å²) in [5, 5.41) is 4.98. The van der Waals surface area contributed by atoms with Crippen molar-refractivity contribution in [2.45, 2.75) is 46.2 Å². The number of fused-ring (bicyclic) bond motifs is 1. The first-order valence-electron chi connectivity index (χ1n) is 9.09. The number of nitrogens with zero attached hydrogens (tertiary/aromatic N) is 1. The summed E-state index contributed by atoms with van der Waals surface area (Å²) in [6.07, 6.45) is 2.42. The second kappa shape index (κ2) is 7.72. The van der Waals surface area contributed by atoms with Crippen LogP contribution in [0.5, 0.6) is 0 Å². The number of aromatic amines is 1. The molecule has 0 radical (unpaired) electrons. The fraction of sp³-hybridized carbons (Fsp3) is 0.381. The van der Waals surface area contributed by atoms with E-state index in [1.54, 1.807) is 18.4 Å². The summed E-state index contributed by atoms with van der Waals surface area (Å²) in [5.41, 5.74) is 3.01. The standard InChI is InChI=1S/C21H26FN3OS/c1-14-17(18-12-15(22)7-8-19(18)23-14)9-10-25(13-16-6-5-11-26-16)20(27)24-21(2,3)4/h5-8,11-12,23H,9-10,13H2,1-4H3,(H,24,27). The minimum atomic E-state index is -0.222. The number of rotatable bonds is 5. The molecule has 0 spiro atoms. The van der Waals surface area contributed by atoms with Crippen molar-refractivity contribution in [2.75, 3.05) is 6.54 Å². The van der Waals surface area contributed by atoms with Crippen LogP contribution in [0, 0.1) is 12.7 Å². The summed E-state index contributed by atoms with van der Waals surface area (Å²) in [6.45, 7) is 9.55. The molecule has 2 N–H and O–H groups in total. The molecule has 0 saturated heterocycles. The van der Waals surface area contributed by atoms with Gasteiger partial charge in [-0.3, -0.25) is 0 Å². The van der Waals surface area contributed by atoms with E-state index in [0.29, 0.717) is 18.2 Å². The number of aromatic nitrogens is 1. The van der Waals surface area contributed by atoms with Crippen molar-refractivity contribution in [1.29, 1.82) is 0 Å². The monoisotopic (exact) mass is 387 g/mol. The number of halogens is 1. The van der Waals surface area contributed by atoms with Gasteiger partial charge in [-0.05, 0) is 82.2 Å². The van der Waals surface area contributed by atoms with Crippen LogP contribution in [0.4, 0.5) is 4.39 Å². The maximum absolute atomic E-state index is 13.7. The van der Waals surface area contributed by atoms with E-state index in [1.165, 1.54) is 6.07 Å². The average molecular weight is 388 g/mol. The topological polar surface area (TPSA) is 44.2 Å². The Labute approximate surface area is 164 Å². The second-order valence-electron chi connectivity index (χ2n) is 7.85. The molecule has 2 aromatic heterocycles. The van der Waals surface area contributed by atoms with Gasteiger partial charge in [0, 0.05) is 28.7 Å². The Bertz CT molecular complexity index is 925. The fourth-order valence-electron chi connectivity index (χ4n) is 3.17. The summed E-state index contributed by atoms with van der Waals surface area (Å²) in [7, 11) is 0. The number of hydrogen-bond acceptors (Lipinski definition) is 2. The molecule has 27 heavy (non-hydrogen) atoms. The zero-order valence-corrected chi connectivity index (χ0v) is 17.0. The zero-order valence-electron chi connectivity index (χ0n) is 16.2. The summed E-state index contributed by atoms with van der Waals surface area (Å²) >= 11 is 5.65. The third-order valence-electron chi connectivity index (χ3n) is 4.41. The van der Waals surface area contributed by atoms with Crippen molar-refractivity contribution in [3.63, 3.8) is 0 Å². The van der Waals surface area contributed by atoms with E-state index < -0.39 is 0 Å². The molecule has 0 fully saturated rings. The molecule has 0 amide bonds. The van der Waals surface area contributed by atoms with Gasteiger partial charge in [0.15, 0.2) is 5.11 Å². The Morgan fingerprint density at radius 1 is 1.30 bits per heavy atom. The molecule has 3 rings (SSSR count). The number of aryl methyl sites for hydroxylation is 1. The van der Waals surface area contributed by atoms with E-state index in [9.17, 15) is 4.39 Å². The van der Waals surface area contributed by atoms with Gasteiger partial charge in [-0.2, -0.15) is 0 Å². The SMILES string of the molecule is Cc1[nH]c2ccc(F)cc2c1CCN(Cc1ccco1)C(=S)NC(C)(C)C. The molecular formula is C21H26FN3OS. The quantitative estimate of drug-likeness (QED) is 0.610. The first-order chi connectivity index (χ1) is 12.7. The van der Waals surface area contributed by atoms with Crippen LogP contribution in [0.15, 0.2) is 41.0 Å². The molecule has 0 aliphatic rings. The van der Waals surface area contributed by atoms with Gasteiger partial charge in [0.2, 0.25) is 0 Å². The van der Waals surface area contributed by atoms with Crippen LogP contribution in [0.1, 0.15) is 37.8 Å². The minimum Gasteiger partial charge on any atom is -0.467 e. The van der Waals surface area contributed by atoms with Crippen LogP contribution in [-0.2, 0) is 13.0 Å². The van der Waals surface area contributed by atoms with Gasteiger partial charge in [0.1, 0.15) is 11.6 Å². The molecule has 6 heteroatoms. The van der Waals surface area contributed by atoms with Gasteiger partial charge < -0.3 is 19.6 Å². The van der Waals surface area contributed by atoms with E-state index >= 15 is 0 Å². The fourth-order valence-corrected chi connectivity index (χ4v) is 3.63. The van der Waals surface area contributed by atoms with Gasteiger partial charge in [0.05, 0.1) is 12.8 Å². The summed E-state index contributed by atoms with van der Waals surface area (Å²) < 4.78 is 19.2. The summed E-state index contributed by atoms with van der Waals surface area (Å²) in [4.78, 5) is 5.43. The van der Waals surface area contributed by atoms with E-state index in [-0.39, 0.29) is 11.4 Å². The maximum Gasteiger partial charge on any atom is 0.169 e. The van der Waals surface area contributed by atoms with Crippen LogP contribution in [0.25, 0.3) is 10.9 Å². The summed E-state index contributed by atoms with van der Waals surface area (Å²) in [6, 6.07) is 8.68. The largest absolute Gasteiger partial charge is 0.467 e. The Balaban J connectivity index is 1.81. The van der Waals surface area contributed by atoms with Gasteiger partial charge in [-0.25, -0.2) is 4.39 Å². The highest BCUT2D eigenvalue weighted by Gasteiger charge is 2.19. The number of furan rings is 1. The maximum atomic E-state index is 13.7. The Kier molecular flexibility index (Phi) is 5.56. The lowest BCUT2D eigenvalue weighted by Gasteiger charge is -2.30. The molecule has 1 aromatic carbocycles. The van der Waals surface area contributed by atoms with Crippen LogP contribution in [0.2, 0.25) is 0 Å². The lowest BCUT2D eigenvalue weighted by atomic mass is 10.1. The lowest BCUT2D eigenvalue weighted by molar-refractivity contribution is 0.347. The van der Waals surface area contributed by atoms with Crippen molar-refractivity contribution >= 4 is 28.2 Å².